The second kappa shape index (κ2) is 12.4. The molecule has 3 N–H and O–H groups in total. The zero-order valence-electron chi connectivity index (χ0n) is 13.6. The van der Waals surface area contributed by atoms with Gasteiger partial charge in [0.2, 0.25) is 0 Å². The first-order valence-electron chi connectivity index (χ1n) is 8.22. The summed E-state index contributed by atoms with van der Waals surface area (Å²) in [5, 5.41) is 9.92. The minimum absolute atomic E-state index is 0.109. The largest absolute Gasteiger partial charge is 0.393 e. The van der Waals surface area contributed by atoms with E-state index in [-0.39, 0.29) is 18.1 Å². The molecule has 0 aliphatic carbocycles. The average Bonchev–Trinajstić information content (AvgIpc) is 2.47. The van der Waals surface area contributed by atoms with Gasteiger partial charge in [-0.3, -0.25) is 0 Å². The van der Waals surface area contributed by atoms with Crippen LogP contribution in [0.1, 0.15) is 78.1 Å². The van der Waals surface area contributed by atoms with Crippen LogP contribution in [0.15, 0.2) is 0 Å². The SMILES string of the molecule is CCCCCCCCCCC(C)C(O)CCS(=O)(=O)ON. The summed E-state index contributed by atoms with van der Waals surface area (Å²) in [4.78, 5) is 0. The first kappa shape index (κ1) is 20.8. The van der Waals surface area contributed by atoms with Gasteiger partial charge < -0.3 is 5.11 Å². The van der Waals surface area contributed by atoms with Gasteiger partial charge in [-0.15, -0.1) is 0 Å². The van der Waals surface area contributed by atoms with Crippen molar-refractivity contribution in [1.29, 1.82) is 0 Å². The summed E-state index contributed by atoms with van der Waals surface area (Å²) in [5.41, 5.74) is 0. The predicted octanol–water partition coefficient (Wildman–Crippen LogP) is 3.12. The maximum Gasteiger partial charge on any atom is 0.283 e. The molecule has 6 heteroatoms. The maximum atomic E-state index is 11.1. The molecule has 0 radical (unpaired) electrons. The van der Waals surface area contributed by atoms with Gasteiger partial charge in [-0.05, 0) is 18.8 Å². The number of hydrogen-bond donors (Lipinski definition) is 2. The molecule has 0 aliphatic rings. The van der Waals surface area contributed by atoms with E-state index in [0.29, 0.717) is 0 Å². The molecule has 0 aromatic heterocycles. The van der Waals surface area contributed by atoms with E-state index in [1.54, 1.807) is 0 Å². The summed E-state index contributed by atoms with van der Waals surface area (Å²) in [7, 11) is -3.67. The molecule has 2 unspecified atom stereocenters. The Labute approximate surface area is 130 Å². The molecule has 5 nitrogen and oxygen atoms in total. The summed E-state index contributed by atoms with van der Waals surface area (Å²) in [6.07, 6.45) is 10.6. The first-order chi connectivity index (χ1) is 9.93. The number of rotatable bonds is 14. The second-order valence-corrected chi connectivity index (χ2v) is 7.67. The predicted molar refractivity (Wildman–Crippen MR) is 86.1 cm³/mol. The third-order valence-corrected chi connectivity index (χ3v) is 5.01. The van der Waals surface area contributed by atoms with Crippen molar-refractivity contribution in [3.63, 3.8) is 0 Å². The van der Waals surface area contributed by atoms with Crippen LogP contribution in [0.4, 0.5) is 0 Å². The molecule has 0 aromatic rings. The summed E-state index contributed by atoms with van der Waals surface area (Å²) >= 11 is 0. The fourth-order valence-electron chi connectivity index (χ4n) is 2.39. The van der Waals surface area contributed by atoms with Crippen LogP contribution in [0.25, 0.3) is 0 Å². The van der Waals surface area contributed by atoms with E-state index in [4.69, 9.17) is 0 Å². The monoisotopic (exact) mass is 323 g/mol. The highest BCUT2D eigenvalue weighted by Gasteiger charge is 2.18. The molecule has 0 spiro atoms. The molecule has 128 valence electrons. The second-order valence-electron chi connectivity index (χ2n) is 5.95. The zero-order chi connectivity index (χ0) is 16.1. The van der Waals surface area contributed by atoms with Crippen molar-refractivity contribution in [1.82, 2.24) is 0 Å². The highest BCUT2D eigenvalue weighted by atomic mass is 32.2. The number of hydrogen-bond acceptors (Lipinski definition) is 5. The normalized spacial score (nSPS) is 15.0. The fraction of sp³-hybridized carbons (Fsp3) is 1.00. The lowest BCUT2D eigenvalue weighted by Crippen LogP contribution is -2.23. The number of aliphatic hydroxyl groups is 1. The number of aliphatic hydroxyl groups excluding tert-OH is 1. The lowest BCUT2D eigenvalue weighted by molar-refractivity contribution is 0.106. The van der Waals surface area contributed by atoms with Crippen LogP contribution in [-0.2, 0) is 14.4 Å². The van der Waals surface area contributed by atoms with Crippen LogP contribution in [-0.4, -0.2) is 25.4 Å². The van der Waals surface area contributed by atoms with E-state index in [9.17, 15) is 13.5 Å². The maximum absolute atomic E-state index is 11.1. The highest BCUT2D eigenvalue weighted by molar-refractivity contribution is 7.86. The van der Waals surface area contributed by atoms with Crippen LogP contribution in [0, 0.1) is 5.92 Å². The van der Waals surface area contributed by atoms with E-state index in [1.165, 1.54) is 44.9 Å². The zero-order valence-corrected chi connectivity index (χ0v) is 14.4. The Morgan fingerprint density at radius 2 is 1.52 bits per heavy atom. The van der Waals surface area contributed by atoms with Gasteiger partial charge in [0.05, 0.1) is 11.9 Å². The van der Waals surface area contributed by atoms with Gasteiger partial charge >= 0.3 is 0 Å². The number of unbranched alkanes of at least 4 members (excludes halogenated alkanes) is 7. The molecule has 0 aromatic carbocycles. The number of nitrogens with two attached hydrogens (primary N) is 1. The Morgan fingerprint density at radius 1 is 1.00 bits per heavy atom. The van der Waals surface area contributed by atoms with Gasteiger partial charge in [0, 0.05) is 0 Å². The summed E-state index contributed by atoms with van der Waals surface area (Å²) < 4.78 is 26.0. The van der Waals surface area contributed by atoms with Crippen molar-refractivity contribution in [2.24, 2.45) is 11.8 Å². The summed E-state index contributed by atoms with van der Waals surface area (Å²) in [6.45, 7) is 4.18. The van der Waals surface area contributed by atoms with Crippen LogP contribution in [0.2, 0.25) is 0 Å². The Kier molecular flexibility index (Phi) is 12.3. The van der Waals surface area contributed by atoms with Crippen molar-refractivity contribution < 1.29 is 17.8 Å². The molecule has 0 heterocycles. The van der Waals surface area contributed by atoms with Crippen LogP contribution in [0.5, 0.6) is 0 Å². The molecule has 21 heavy (non-hydrogen) atoms. The van der Waals surface area contributed by atoms with Gasteiger partial charge in [-0.1, -0.05) is 65.2 Å². The van der Waals surface area contributed by atoms with Crippen molar-refractivity contribution in [3.05, 3.63) is 0 Å². The molecular formula is C15H33NO4S. The standard InChI is InChI=1S/C15H33NO4S/c1-3-4-5-6-7-8-9-10-11-14(2)15(17)12-13-21(18,19)20-16/h14-15,17H,3-13,16H2,1-2H3. The van der Waals surface area contributed by atoms with Gasteiger partial charge in [0.1, 0.15) is 0 Å². The van der Waals surface area contributed by atoms with Crippen LogP contribution in [0.3, 0.4) is 0 Å². The first-order valence-corrected chi connectivity index (χ1v) is 9.79. The minimum Gasteiger partial charge on any atom is -0.393 e. The molecule has 0 saturated carbocycles. The fourth-order valence-corrected chi connectivity index (χ4v) is 3.02. The average molecular weight is 323 g/mol. The Bertz CT molecular complexity index is 333. The molecule has 0 fully saturated rings. The van der Waals surface area contributed by atoms with Crippen LogP contribution >= 0.6 is 0 Å². The lowest BCUT2D eigenvalue weighted by atomic mass is 9.95. The summed E-state index contributed by atoms with van der Waals surface area (Å²) in [6, 6.07) is 0. The third kappa shape index (κ3) is 12.1. The Morgan fingerprint density at radius 3 is 2.05 bits per heavy atom. The van der Waals surface area contributed by atoms with Crippen molar-refractivity contribution >= 4 is 10.1 Å². The quantitative estimate of drug-likeness (QED) is 0.379. The molecule has 0 saturated heterocycles. The van der Waals surface area contributed by atoms with Gasteiger partial charge in [0.25, 0.3) is 10.1 Å². The highest BCUT2D eigenvalue weighted by Crippen LogP contribution is 2.17. The van der Waals surface area contributed by atoms with E-state index in [0.717, 1.165) is 12.8 Å². The molecule has 0 amide bonds. The van der Waals surface area contributed by atoms with E-state index >= 15 is 0 Å². The van der Waals surface area contributed by atoms with E-state index < -0.39 is 16.2 Å². The van der Waals surface area contributed by atoms with Crippen molar-refractivity contribution in [2.75, 3.05) is 5.75 Å². The van der Waals surface area contributed by atoms with Gasteiger partial charge in [0.15, 0.2) is 0 Å². The molecule has 0 bridgehead atoms. The van der Waals surface area contributed by atoms with Crippen molar-refractivity contribution in [3.8, 4) is 0 Å². The van der Waals surface area contributed by atoms with Gasteiger partial charge in [-0.2, -0.15) is 18.6 Å². The lowest BCUT2D eigenvalue weighted by Gasteiger charge is -2.18. The Balaban J connectivity index is 3.58. The minimum atomic E-state index is -3.67. The molecule has 0 aliphatic heterocycles. The molecule has 2 atom stereocenters. The molecule has 0 rings (SSSR count). The van der Waals surface area contributed by atoms with E-state index in [2.05, 4.69) is 17.1 Å². The van der Waals surface area contributed by atoms with E-state index in [1.807, 2.05) is 6.92 Å². The smallest absolute Gasteiger partial charge is 0.283 e. The van der Waals surface area contributed by atoms with Crippen molar-refractivity contribution in [2.45, 2.75) is 84.2 Å². The Hall–Kier alpha value is -0.170. The summed E-state index contributed by atoms with van der Waals surface area (Å²) in [5.74, 6) is 4.54. The van der Waals surface area contributed by atoms with Gasteiger partial charge in [-0.25, -0.2) is 0 Å². The van der Waals surface area contributed by atoms with Crippen LogP contribution < -0.4 is 5.90 Å². The molecular weight excluding hydrogens is 290 g/mol. The third-order valence-electron chi connectivity index (χ3n) is 3.98. The topological polar surface area (TPSA) is 89.6 Å².